The van der Waals surface area contributed by atoms with Crippen molar-refractivity contribution < 1.29 is 19.1 Å². The van der Waals surface area contributed by atoms with E-state index in [1.165, 1.54) is 5.56 Å². The molecule has 182 valence electrons. The third-order valence-electron chi connectivity index (χ3n) is 5.32. The average molecular weight is 484 g/mol. The summed E-state index contributed by atoms with van der Waals surface area (Å²) in [5.41, 5.74) is 1.48. The van der Waals surface area contributed by atoms with Gasteiger partial charge in [-0.3, -0.25) is 15.5 Å². The summed E-state index contributed by atoms with van der Waals surface area (Å²) in [7, 11) is 0. The molecule has 3 atom stereocenters. The van der Waals surface area contributed by atoms with Crippen molar-refractivity contribution in [3.63, 3.8) is 0 Å². The predicted molar refractivity (Wildman–Crippen MR) is 136 cm³/mol. The molecule has 1 aliphatic heterocycles. The lowest BCUT2D eigenvalue weighted by Gasteiger charge is -2.23. The van der Waals surface area contributed by atoms with Crippen molar-refractivity contribution in [1.29, 1.82) is 5.41 Å². The van der Waals surface area contributed by atoms with Gasteiger partial charge in [-0.15, -0.1) is 11.8 Å². The average Bonchev–Trinajstić information content (AvgIpc) is 3.15. The van der Waals surface area contributed by atoms with Gasteiger partial charge in [0.05, 0.1) is 5.25 Å². The van der Waals surface area contributed by atoms with Crippen LogP contribution in [0.1, 0.15) is 51.2 Å². The third-order valence-corrected chi connectivity index (χ3v) is 6.54. The molecule has 7 nitrogen and oxygen atoms in total. The number of hydrogen-bond acceptors (Lipinski definition) is 6. The summed E-state index contributed by atoms with van der Waals surface area (Å²) < 4.78 is 11.3. The topological polar surface area (TPSA) is 101 Å². The van der Waals surface area contributed by atoms with Crippen LogP contribution in [0, 0.1) is 5.41 Å². The van der Waals surface area contributed by atoms with E-state index in [0.717, 1.165) is 11.3 Å². The lowest BCUT2D eigenvalue weighted by molar-refractivity contribution is -0.120. The smallest absolute Gasteiger partial charge is 0.413 e. The summed E-state index contributed by atoms with van der Waals surface area (Å²) in [5.74, 6) is 1.20. The largest absolute Gasteiger partial charge is 0.482 e. The highest BCUT2D eigenvalue weighted by atomic mass is 32.2. The molecular weight excluding hydrogens is 450 g/mol. The number of hydrogen-bond donors (Lipinski definition) is 3. The number of para-hydroxylation sites is 1. The maximum Gasteiger partial charge on any atom is 0.413 e. The molecule has 2 aromatic rings. The van der Waals surface area contributed by atoms with Gasteiger partial charge in [-0.1, -0.05) is 48.5 Å². The lowest BCUT2D eigenvalue weighted by Crippen LogP contribution is -2.44. The summed E-state index contributed by atoms with van der Waals surface area (Å²) in [6, 6.07) is 17.7. The van der Waals surface area contributed by atoms with Crippen LogP contribution in [0.5, 0.6) is 5.75 Å². The molecule has 0 aliphatic carbocycles. The van der Waals surface area contributed by atoms with E-state index in [1.807, 2.05) is 49.4 Å². The molecule has 3 N–H and O–H groups in total. The zero-order chi connectivity index (χ0) is 24.7. The fraction of sp³-hybridized carbons (Fsp3) is 0.423. The Morgan fingerprint density at radius 2 is 1.79 bits per heavy atom. The number of rotatable bonds is 8. The Morgan fingerprint density at radius 3 is 2.50 bits per heavy atom. The first-order valence-electron chi connectivity index (χ1n) is 11.4. The first-order chi connectivity index (χ1) is 16.1. The number of amidine groups is 1. The Hall–Kier alpha value is -3.00. The summed E-state index contributed by atoms with van der Waals surface area (Å²) in [6.07, 6.45) is -0.776. The van der Waals surface area contributed by atoms with E-state index < -0.39 is 17.8 Å². The molecule has 34 heavy (non-hydrogen) atoms. The van der Waals surface area contributed by atoms with Crippen molar-refractivity contribution in [3.05, 3.63) is 65.7 Å². The molecule has 0 spiro atoms. The number of amides is 2. The molecule has 0 bridgehead atoms. The van der Waals surface area contributed by atoms with Crippen LogP contribution in [-0.4, -0.2) is 41.3 Å². The lowest BCUT2D eigenvalue weighted by atomic mass is 9.91. The van der Waals surface area contributed by atoms with Crippen LogP contribution >= 0.6 is 11.8 Å². The number of thioether (sulfide) groups is 1. The minimum atomic E-state index is -0.687. The van der Waals surface area contributed by atoms with Gasteiger partial charge in [-0.05, 0) is 45.7 Å². The standard InChI is InChI=1S/C26H33N3O4S/c1-17(34-16-18-10-6-5-7-11-18)24(30)28-15-14-20-19-12-8-9-13-21(19)32-22(20)23(27)29-25(31)33-26(2,3)4/h5-13,17,20,22H,14-16H2,1-4H3,(H,28,30)(H2,27,29,31). The van der Waals surface area contributed by atoms with Crippen molar-refractivity contribution in [2.45, 2.75) is 62.7 Å². The van der Waals surface area contributed by atoms with Gasteiger partial charge in [0, 0.05) is 23.8 Å². The van der Waals surface area contributed by atoms with Crippen LogP contribution in [0.4, 0.5) is 4.79 Å². The summed E-state index contributed by atoms with van der Waals surface area (Å²) in [5, 5.41) is 13.8. The Morgan fingerprint density at radius 1 is 1.12 bits per heavy atom. The van der Waals surface area contributed by atoms with Crippen LogP contribution in [0.3, 0.4) is 0 Å². The normalized spacial score (nSPS) is 17.8. The van der Waals surface area contributed by atoms with Crippen molar-refractivity contribution in [2.24, 2.45) is 0 Å². The molecule has 0 saturated heterocycles. The molecule has 1 heterocycles. The second-order valence-electron chi connectivity index (χ2n) is 9.24. The fourth-order valence-electron chi connectivity index (χ4n) is 3.69. The molecule has 0 saturated carbocycles. The minimum absolute atomic E-state index is 0.0216. The molecule has 3 rings (SSSR count). The number of alkyl carbamates (subject to hydrolysis) is 1. The maximum absolute atomic E-state index is 12.6. The van der Waals surface area contributed by atoms with Crippen molar-refractivity contribution >= 4 is 29.6 Å². The van der Waals surface area contributed by atoms with Gasteiger partial charge < -0.3 is 14.8 Å². The fourth-order valence-corrected chi connectivity index (χ4v) is 4.56. The third kappa shape index (κ3) is 7.25. The Bertz CT molecular complexity index is 1010. The summed E-state index contributed by atoms with van der Waals surface area (Å²) >= 11 is 1.59. The second kappa shape index (κ2) is 11.4. The van der Waals surface area contributed by atoms with Gasteiger partial charge >= 0.3 is 6.09 Å². The quantitative estimate of drug-likeness (QED) is 0.368. The number of ether oxygens (including phenoxy) is 2. The van der Waals surface area contributed by atoms with Crippen LogP contribution in [-0.2, 0) is 15.3 Å². The van der Waals surface area contributed by atoms with Gasteiger partial charge in [0.1, 0.15) is 17.2 Å². The Labute approximate surface area is 205 Å². The first-order valence-corrected chi connectivity index (χ1v) is 12.5. The van der Waals surface area contributed by atoms with Crippen LogP contribution in [0.15, 0.2) is 54.6 Å². The summed E-state index contributed by atoms with van der Waals surface area (Å²) in [4.78, 5) is 24.8. The van der Waals surface area contributed by atoms with Crippen molar-refractivity contribution in [2.75, 3.05) is 6.54 Å². The SMILES string of the molecule is CC(SCc1ccccc1)C(=O)NCCC1c2ccccc2OC1C(=N)NC(=O)OC(C)(C)C. The molecule has 2 amide bonds. The van der Waals surface area contributed by atoms with E-state index >= 15 is 0 Å². The Balaban J connectivity index is 1.55. The Kier molecular flexibility index (Phi) is 8.61. The number of carbonyl (C=O) groups excluding carboxylic acids is 2. The van der Waals surface area contributed by atoms with E-state index in [1.54, 1.807) is 32.5 Å². The number of carbonyl (C=O) groups is 2. The van der Waals surface area contributed by atoms with E-state index in [-0.39, 0.29) is 22.9 Å². The van der Waals surface area contributed by atoms with Gasteiger partial charge in [0.2, 0.25) is 5.91 Å². The second-order valence-corrected chi connectivity index (χ2v) is 10.6. The molecule has 1 aliphatic rings. The molecule has 0 radical (unpaired) electrons. The number of nitrogens with one attached hydrogen (secondary N) is 3. The monoisotopic (exact) mass is 483 g/mol. The molecular formula is C26H33N3O4S. The number of fused-ring (bicyclic) bond motifs is 1. The van der Waals surface area contributed by atoms with Gasteiger partial charge in [-0.25, -0.2) is 4.79 Å². The highest BCUT2D eigenvalue weighted by Gasteiger charge is 2.38. The molecule has 3 unspecified atom stereocenters. The highest BCUT2D eigenvalue weighted by molar-refractivity contribution is 7.99. The van der Waals surface area contributed by atoms with E-state index in [0.29, 0.717) is 18.7 Å². The maximum atomic E-state index is 12.6. The van der Waals surface area contributed by atoms with E-state index in [2.05, 4.69) is 22.8 Å². The van der Waals surface area contributed by atoms with Gasteiger partial charge in [0.25, 0.3) is 0 Å². The predicted octanol–water partition coefficient (Wildman–Crippen LogP) is 4.86. The van der Waals surface area contributed by atoms with Gasteiger partial charge in [0.15, 0.2) is 6.10 Å². The van der Waals surface area contributed by atoms with Crippen LogP contribution in [0.2, 0.25) is 0 Å². The molecule has 0 aromatic heterocycles. The van der Waals surface area contributed by atoms with Crippen LogP contribution in [0.25, 0.3) is 0 Å². The van der Waals surface area contributed by atoms with Crippen molar-refractivity contribution in [3.8, 4) is 5.75 Å². The highest BCUT2D eigenvalue weighted by Crippen LogP contribution is 2.40. The zero-order valence-corrected chi connectivity index (χ0v) is 20.9. The molecule has 0 fully saturated rings. The van der Waals surface area contributed by atoms with Crippen LogP contribution < -0.4 is 15.4 Å². The van der Waals surface area contributed by atoms with E-state index in [9.17, 15) is 9.59 Å². The minimum Gasteiger partial charge on any atom is -0.482 e. The summed E-state index contributed by atoms with van der Waals surface area (Å²) in [6.45, 7) is 7.64. The van der Waals surface area contributed by atoms with Gasteiger partial charge in [-0.2, -0.15) is 0 Å². The molecule has 2 aromatic carbocycles. The number of benzene rings is 2. The molecule has 8 heteroatoms. The first kappa shape index (κ1) is 25.6. The van der Waals surface area contributed by atoms with Crippen molar-refractivity contribution in [1.82, 2.24) is 10.6 Å². The van der Waals surface area contributed by atoms with E-state index in [4.69, 9.17) is 14.9 Å². The zero-order valence-electron chi connectivity index (χ0n) is 20.1.